The highest BCUT2D eigenvalue weighted by Crippen LogP contribution is 2.63. The van der Waals surface area contributed by atoms with E-state index < -0.39 is 0 Å². The Labute approximate surface area is 143 Å². The summed E-state index contributed by atoms with van der Waals surface area (Å²) in [5.41, 5.74) is 3.29. The van der Waals surface area contributed by atoms with Crippen molar-refractivity contribution in [3.8, 4) is 0 Å². The third kappa shape index (κ3) is 2.28. The van der Waals surface area contributed by atoms with Crippen molar-refractivity contribution < 1.29 is 4.74 Å². The SMILES string of the molecule is CCC1(Cc2ccccc2)OC1(c1ccccc1)c1ccccc1. The summed E-state index contributed by atoms with van der Waals surface area (Å²) in [6.45, 7) is 2.23. The molecule has 1 aliphatic heterocycles. The quantitative estimate of drug-likeness (QED) is 0.578. The maximum absolute atomic E-state index is 6.62. The Morgan fingerprint density at radius 3 is 1.58 bits per heavy atom. The van der Waals surface area contributed by atoms with Crippen LogP contribution in [-0.2, 0) is 16.8 Å². The molecule has 0 spiro atoms. The first kappa shape index (κ1) is 15.2. The van der Waals surface area contributed by atoms with Crippen LogP contribution in [0.5, 0.6) is 0 Å². The normalized spacial score (nSPS) is 21.4. The highest BCUT2D eigenvalue weighted by atomic mass is 16.6. The van der Waals surface area contributed by atoms with Gasteiger partial charge in [0.1, 0.15) is 11.2 Å². The van der Waals surface area contributed by atoms with Crippen molar-refractivity contribution in [2.75, 3.05) is 0 Å². The topological polar surface area (TPSA) is 12.5 Å². The molecule has 1 aliphatic rings. The van der Waals surface area contributed by atoms with E-state index in [1.807, 2.05) is 0 Å². The third-order valence-electron chi connectivity index (χ3n) is 5.21. The standard InChI is InChI=1S/C23H22O/c1-2-22(18-19-12-6-3-7-13-19)23(24-22,20-14-8-4-9-15-20)21-16-10-5-11-17-21/h3-17H,2,18H2,1H3. The highest BCUT2D eigenvalue weighted by molar-refractivity contribution is 5.47. The Balaban J connectivity index is 1.81. The summed E-state index contributed by atoms with van der Waals surface area (Å²) < 4.78 is 6.62. The van der Waals surface area contributed by atoms with Crippen LogP contribution in [-0.4, -0.2) is 5.60 Å². The molecule has 1 nitrogen and oxygen atoms in total. The molecule has 3 aromatic carbocycles. The number of epoxide rings is 1. The lowest BCUT2D eigenvalue weighted by atomic mass is 9.76. The number of benzene rings is 3. The Hall–Kier alpha value is -2.38. The van der Waals surface area contributed by atoms with Crippen LogP contribution in [0.1, 0.15) is 30.0 Å². The van der Waals surface area contributed by atoms with Crippen molar-refractivity contribution in [2.24, 2.45) is 0 Å². The van der Waals surface area contributed by atoms with Crippen LogP contribution in [0.25, 0.3) is 0 Å². The first-order chi connectivity index (χ1) is 11.8. The van der Waals surface area contributed by atoms with Gasteiger partial charge < -0.3 is 4.74 Å². The summed E-state index contributed by atoms with van der Waals surface area (Å²) in [6.07, 6.45) is 1.90. The molecule has 4 rings (SSSR count). The van der Waals surface area contributed by atoms with Gasteiger partial charge in [-0.25, -0.2) is 0 Å². The zero-order valence-electron chi connectivity index (χ0n) is 14.0. The van der Waals surface area contributed by atoms with E-state index in [-0.39, 0.29) is 11.2 Å². The van der Waals surface area contributed by atoms with Crippen molar-refractivity contribution in [3.05, 3.63) is 108 Å². The van der Waals surface area contributed by atoms with Crippen molar-refractivity contribution in [2.45, 2.75) is 31.0 Å². The lowest BCUT2D eigenvalue weighted by molar-refractivity contribution is 0.269. The van der Waals surface area contributed by atoms with Crippen LogP contribution in [0.3, 0.4) is 0 Å². The minimum atomic E-state index is -0.347. The summed E-state index contributed by atoms with van der Waals surface area (Å²) in [5, 5.41) is 0. The second kappa shape index (κ2) is 5.92. The van der Waals surface area contributed by atoms with Gasteiger partial charge in [0.25, 0.3) is 0 Å². The second-order valence-electron chi connectivity index (χ2n) is 6.53. The Bertz CT molecular complexity index is 756. The van der Waals surface area contributed by atoms with Gasteiger partial charge in [0.2, 0.25) is 0 Å². The monoisotopic (exact) mass is 314 g/mol. The molecule has 0 bridgehead atoms. The van der Waals surface area contributed by atoms with Gasteiger partial charge in [-0.1, -0.05) is 97.9 Å². The van der Waals surface area contributed by atoms with E-state index in [9.17, 15) is 0 Å². The maximum Gasteiger partial charge on any atom is 0.148 e. The molecule has 1 unspecified atom stereocenters. The summed E-state index contributed by atoms with van der Waals surface area (Å²) >= 11 is 0. The fourth-order valence-corrected chi connectivity index (χ4v) is 3.96. The summed E-state index contributed by atoms with van der Waals surface area (Å²) in [4.78, 5) is 0. The van der Waals surface area contributed by atoms with E-state index in [2.05, 4.69) is 97.9 Å². The van der Waals surface area contributed by atoms with Gasteiger partial charge in [0.15, 0.2) is 0 Å². The van der Waals surface area contributed by atoms with E-state index in [0.717, 1.165) is 12.8 Å². The molecule has 0 aromatic heterocycles. The molecule has 1 atom stereocenters. The van der Waals surface area contributed by atoms with Crippen LogP contribution >= 0.6 is 0 Å². The van der Waals surface area contributed by atoms with Crippen LogP contribution in [0.15, 0.2) is 91.0 Å². The van der Waals surface area contributed by atoms with Gasteiger partial charge in [-0.3, -0.25) is 0 Å². The Morgan fingerprint density at radius 2 is 1.12 bits per heavy atom. The Morgan fingerprint density at radius 1 is 0.667 bits per heavy atom. The molecule has 3 aromatic rings. The van der Waals surface area contributed by atoms with Crippen molar-refractivity contribution in [3.63, 3.8) is 0 Å². The molecular formula is C23H22O. The van der Waals surface area contributed by atoms with Gasteiger partial charge in [-0.2, -0.15) is 0 Å². The smallest absolute Gasteiger partial charge is 0.148 e. The summed E-state index contributed by atoms with van der Waals surface area (Å²) in [7, 11) is 0. The maximum atomic E-state index is 6.62. The average Bonchev–Trinajstić information content (AvgIpc) is 3.34. The van der Waals surface area contributed by atoms with Crippen LogP contribution in [0.2, 0.25) is 0 Å². The van der Waals surface area contributed by atoms with Gasteiger partial charge >= 0.3 is 0 Å². The zero-order valence-corrected chi connectivity index (χ0v) is 14.0. The average molecular weight is 314 g/mol. The Kier molecular flexibility index (Phi) is 3.74. The predicted molar refractivity (Wildman–Crippen MR) is 97.9 cm³/mol. The van der Waals surface area contributed by atoms with E-state index in [1.54, 1.807) is 0 Å². The van der Waals surface area contributed by atoms with Crippen molar-refractivity contribution >= 4 is 0 Å². The summed E-state index contributed by atoms with van der Waals surface area (Å²) in [5.74, 6) is 0. The molecule has 0 aliphatic carbocycles. The molecule has 0 saturated carbocycles. The van der Waals surface area contributed by atoms with E-state index in [1.165, 1.54) is 16.7 Å². The molecule has 1 fully saturated rings. The number of hydrogen-bond donors (Lipinski definition) is 0. The zero-order chi connectivity index (χ0) is 16.5. The molecule has 24 heavy (non-hydrogen) atoms. The summed E-state index contributed by atoms with van der Waals surface area (Å²) in [6, 6.07) is 32.0. The van der Waals surface area contributed by atoms with Gasteiger partial charge in [-0.15, -0.1) is 0 Å². The molecule has 0 N–H and O–H groups in total. The fourth-order valence-electron chi connectivity index (χ4n) is 3.96. The lowest BCUT2D eigenvalue weighted by Crippen LogP contribution is -2.27. The first-order valence-corrected chi connectivity index (χ1v) is 8.66. The van der Waals surface area contributed by atoms with E-state index in [0.29, 0.717) is 0 Å². The molecule has 1 heterocycles. The molecule has 1 saturated heterocycles. The van der Waals surface area contributed by atoms with Crippen LogP contribution in [0.4, 0.5) is 0 Å². The van der Waals surface area contributed by atoms with Gasteiger partial charge in [0, 0.05) is 6.42 Å². The largest absolute Gasteiger partial charge is 0.352 e. The number of rotatable bonds is 5. The van der Waals surface area contributed by atoms with E-state index in [4.69, 9.17) is 4.74 Å². The van der Waals surface area contributed by atoms with Gasteiger partial charge in [-0.05, 0) is 23.1 Å². The number of hydrogen-bond acceptors (Lipinski definition) is 1. The van der Waals surface area contributed by atoms with Crippen LogP contribution in [0, 0.1) is 0 Å². The van der Waals surface area contributed by atoms with Gasteiger partial charge in [0.05, 0.1) is 0 Å². The molecule has 120 valence electrons. The van der Waals surface area contributed by atoms with Crippen molar-refractivity contribution in [1.82, 2.24) is 0 Å². The number of ether oxygens (including phenoxy) is 1. The first-order valence-electron chi connectivity index (χ1n) is 8.66. The van der Waals surface area contributed by atoms with Crippen molar-refractivity contribution in [1.29, 1.82) is 0 Å². The third-order valence-corrected chi connectivity index (χ3v) is 5.21. The molecular weight excluding hydrogens is 292 g/mol. The minimum Gasteiger partial charge on any atom is -0.352 e. The molecule has 0 amide bonds. The fraction of sp³-hybridized carbons (Fsp3) is 0.217. The highest BCUT2D eigenvalue weighted by Gasteiger charge is 2.70. The van der Waals surface area contributed by atoms with E-state index >= 15 is 0 Å². The second-order valence-corrected chi connectivity index (χ2v) is 6.53. The lowest BCUT2D eigenvalue weighted by Gasteiger charge is -2.20. The molecule has 0 radical (unpaired) electrons. The van der Waals surface area contributed by atoms with Crippen LogP contribution < -0.4 is 0 Å². The minimum absolute atomic E-state index is 0.183. The predicted octanol–water partition coefficient (Wildman–Crippen LogP) is 5.35. The molecule has 1 heteroatoms.